The molecule has 0 saturated carbocycles. The lowest BCUT2D eigenvalue weighted by Crippen LogP contribution is -2.39. The minimum atomic E-state index is -1.03. The zero-order valence-corrected chi connectivity index (χ0v) is 8.30. The number of rotatable bonds is 2. The highest BCUT2D eigenvalue weighted by atomic mass is 16.3. The van der Waals surface area contributed by atoms with Gasteiger partial charge in [0.1, 0.15) is 6.23 Å². The van der Waals surface area contributed by atoms with E-state index in [0.29, 0.717) is 17.5 Å². The molecule has 78 valence electrons. The van der Waals surface area contributed by atoms with Crippen molar-refractivity contribution in [3.05, 3.63) is 35.4 Å². The van der Waals surface area contributed by atoms with Gasteiger partial charge in [0, 0.05) is 0 Å². The number of aliphatic hydroxyl groups excluding tert-OH is 1. The summed E-state index contributed by atoms with van der Waals surface area (Å²) in [7, 11) is 0. The van der Waals surface area contributed by atoms with Crippen molar-refractivity contribution >= 4 is 11.8 Å². The molecule has 1 aromatic rings. The van der Waals surface area contributed by atoms with E-state index >= 15 is 0 Å². The van der Waals surface area contributed by atoms with Crippen LogP contribution in [0.1, 0.15) is 34.1 Å². The van der Waals surface area contributed by atoms with Gasteiger partial charge in [0.2, 0.25) is 0 Å². The maximum atomic E-state index is 11.8. The topological polar surface area (TPSA) is 57.6 Å². The Morgan fingerprint density at radius 2 is 1.67 bits per heavy atom. The van der Waals surface area contributed by atoms with Crippen molar-refractivity contribution in [3.63, 3.8) is 0 Å². The molecule has 0 aliphatic carbocycles. The van der Waals surface area contributed by atoms with Gasteiger partial charge in [-0.1, -0.05) is 19.1 Å². The predicted octanol–water partition coefficient (Wildman–Crippen LogP) is 1.01. The Hall–Kier alpha value is -1.68. The summed E-state index contributed by atoms with van der Waals surface area (Å²) in [6.07, 6.45) is -0.691. The van der Waals surface area contributed by atoms with E-state index in [1.807, 2.05) is 0 Å². The second-order valence-electron chi connectivity index (χ2n) is 3.41. The van der Waals surface area contributed by atoms with E-state index in [2.05, 4.69) is 0 Å². The van der Waals surface area contributed by atoms with Crippen LogP contribution >= 0.6 is 0 Å². The first-order chi connectivity index (χ1) is 7.16. The van der Waals surface area contributed by atoms with Crippen LogP contribution in [-0.4, -0.2) is 28.0 Å². The summed E-state index contributed by atoms with van der Waals surface area (Å²) >= 11 is 0. The highest BCUT2D eigenvalue weighted by Crippen LogP contribution is 2.24. The summed E-state index contributed by atoms with van der Waals surface area (Å²) in [5, 5.41) is 9.55. The molecule has 1 N–H and O–H groups in total. The fraction of sp³-hybridized carbons (Fsp3) is 0.273. The summed E-state index contributed by atoms with van der Waals surface area (Å²) in [4.78, 5) is 24.4. The molecule has 0 saturated heterocycles. The molecule has 1 aliphatic rings. The van der Waals surface area contributed by atoms with Crippen molar-refractivity contribution in [3.8, 4) is 0 Å². The summed E-state index contributed by atoms with van der Waals surface area (Å²) in [6, 6.07) is 6.59. The van der Waals surface area contributed by atoms with Crippen LogP contribution in [0.15, 0.2) is 24.3 Å². The molecule has 4 nitrogen and oxygen atoms in total. The van der Waals surface area contributed by atoms with Gasteiger partial charge in [-0.2, -0.15) is 0 Å². The van der Waals surface area contributed by atoms with E-state index in [4.69, 9.17) is 0 Å². The highest BCUT2D eigenvalue weighted by molar-refractivity contribution is 6.21. The number of hydrogen-bond donors (Lipinski definition) is 1. The number of fused-ring (bicyclic) bond motifs is 1. The number of carbonyl (C=O) groups is 2. The zero-order chi connectivity index (χ0) is 11.0. The Balaban J connectivity index is 2.45. The molecule has 1 heterocycles. The molecule has 15 heavy (non-hydrogen) atoms. The van der Waals surface area contributed by atoms with Crippen LogP contribution in [0, 0.1) is 0 Å². The van der Waals surface area contributed by atoms with Gasteiger partial charge in [0.05, 0.1) is 11.1 Å². The molecular formula is C11H11NO3. The molecule has 0 bridgehead atoms. The van der Waals surface area contributed by atoms with Crippen molar-refractivity contribution in [2.24, 2.45) is 0 Å². The number of aliphatic hydroxyl groups is 1. The van der Waals surface area contributed by atoms with Crippen LogP contribution in [0.3, 0.4) is 0 Å². The smallest absolute Gasteiger partial charge is 0.263 e. The minimum Gasteiger partial charge on any atom is -0.373 e. The molecule has 1 aliphatic heterocycles. The van der Waals surface area contributed by atoms with Crippen LogP contribution in [-0.2, 0) is 0 Å². The van der Waals surface area contributed by atoms with Crippen LogP contribution in [0.4, 0.5) is 0 Å². The molecule has 2 amide bonds. The van der Waals surface area contributed by atoms with Crippen molar-refractivity contribution in [2.45, 2.75) is 19.6 Å². The summed E-state index contributed by atoms with van der Waals surface area (Å²) in [6.45, 7) is 1.72. The van der Waals surface area contributed by atoms with E-state index < -0.39 is 18.0 Å². The van der Waals surface area contributed by atoms with Gasteiger partial charge in [-0.25, -0.2) is 4.90 Å². The second kappa shape index (κ2) is 3.47. The van der Waals surface area contributed by atoms with Gasteiger partial charge < -0.3 is 5.11 Å². The van der Waals surface area contributed by atoms with Gasteiger partial charge in [-0.15, -0.1) is 0 Å². The molecule has 0 radical (unpaired) electrons. The van der Waals surface area contributed by atoms with Gasteiger partial charge >= 0.3 is 0 Å². The average Bonchev–Trinajstić information content (AvgIpc) is 2.52. The lowest BCUT2D eigenvalue weighted by Gasteiger charge is -2.19. The Kier molecular flexibility index (Phi) is 2.28. The van der Waals surface area contributed by atoms with Crippen LogP contribution in [0.5, 0.6) is 0 Å². The standard InChI is InChI=1S/C11H11NO3/c1-2-9(13)12-10(14)7-5-3-4-6-8(7)11(12)15/h3-6,9,13H,2H2,1H3/t9-/m0/s1. The summed E-state index contributed by atoms with van der Waals surface area (Å²) < 4.78 is 0. The Labute approximate surface area is 87.1 Å². The van der Waals surface area contributed by atoms with Crippen molar-refractivity contribution in [1.29, 1.82) is 0 Å². The van der Waals surface area contributed by atoms with E-state index in [0.717, 1.165) is 4.90 Å². The third-order valence-electron chi connectivity index (χ3n) is 2.49. The molecule has 0 unspecified atom stereocenters. The fourth-order valence-corrected chi connectivity index (χ4v) is 1.66. The SMILES string of the molecule is CC[C@H](O)N1C(=O)c2ccccc2C1=O. The zero-order valence-electron chi connectivity index (χ0n) is 8.30. The van der Waals surface area contributed by atoms with Crippen LogP contribution in [0.25, 0.3) is 0 Å². The Morgan fingerprint density at radius 3 is 2.07 bits per heavy atom. The first kappa shape index (κ1) is 9.86. The minimum absolute atomic E-state index is 0.339. The molecule has 1 aromatic carbocycles. The number of amides is 2. The molecule has 0 aromatic heterocycles. The Bertz CT molecular complexity index is 393. The van der Waals surface area contributed by atoms with Gasteiger partial charge in [0.15, 0.2) is 0 Å². The van der Waals surface area contributed by atoms with Crippen molar-refractivity contribution < 1.29 is 14.7 Å². The van der Waals surface area contributed by atoms with Gasteiger partial charge in [0.25, 0.3) is 11.8 Å². The van der Waals surface area contributed by atoms with Crippen LogP contribution < -0.4 is 0 Å². The third-order valence-corrected chi connectivity index (χ3v) is 2.49. The van der Waals surface area contributed by atoms with E-state index in [9.17, 15) is 14.7 Å². The van der Waals surface area contributed by atoms with E-state index in [1.54, 1.807) is 31.2 Å². The molecule has 0 fully saturated rings. The van der Waals surface area contributed by atoms with Crippen molar-refractivity contribution in [1.82, 2.24) is 4.90 Å². The maximum absolute atomic E-state index is 11.8. The first-order valence-electron chi connectivity index (χ1n) is 4.81. The fourth-order valence-electron chi connectivity index (χ4n) is 1.66. The van der Waals surface area contributed by atoms with Crippen LogP contribution in [0.2, 0.25) is 0 Å². The highest BCUT2D eigenvalue weighted by Gasteiger charge is 2.38. The largest absolute Gasteiger partial charge is 0.373 e. The van der Waals surface area contributed by atoms with E-state index in [-0.39, 0.29) is 0 Å². The predicted molar refractivity (Wildman–Crippen MR) is 53.2 cm³/mol. The lowest BCUT2D eigenvalue weighted by atomic mass is 10.1. The van der Waals surface area contributed by atoms with Gasteiger partial charge in [-0.3, -0.25) is 9.59 Å². The molecule has 0 spiro atoms. The summed E-state index contributed by atoms with van der Waals surface area (Å²) in [5.41, 5.74) is 0.741. The molecular weight excluding hydrogens is 194 g/mol. The second-order valence-corrected chi connectivity index (χ2v) is 3.41. The quantitative estimate of drug-likeness (QED) is 0.733. The number of nitrogens with zero attached hydrogens (tertiary/aromatic N) is 1. The number of benzene rings is 1. The normalized spacial score (nSPS) is 16.8. The monoisotopic (exact) mass is 205 g/mol. The van der Waals surface area contributed by atoms with Crippen molar-refractivity contribution in [2.75, 3.05) is 0 Å². The number of hydrogen-bond acceptors (Lipinski definition) is 3. The summed E-state index contributed by atoms with van der Waals surface area (Å²) in [5.74, 6) is -0.824. The number of imide groups is 1. The lowest BCUT2D eigenvalue weighted by molar-refractivity contribution is 0.0126. The van der Waals surface area contributed by atoms with E-state index in [1.165, 1.54) is 0 Å². The third kappa shape index (κ3) is 1.34. The molecule has 2 rings (SSSR count). The molecule has 1 atom stereocenters. The molecule has 4 heteroatoms. The number of carbonyl (C=O) groups excluding carboxylic acids is 2. The first-order valence-corrected chi connectivity index (χ1v) is 4.81. The average molecular weight is 205 g/mol. The van der Waals surface area contributed by atoms with Gasteiger partial charge in [-0.05, 0) is 18.6 Å². The maximum Gasteiger partial charge on any atom is 0.263 e. The Morgan fingerprint density at radius 1 is 1.20 bits per heavy atom.